The van der Waals surface area contributed by atoms with Crippen LogP contribution in [0.2, 0.25) is 0 Å². The average Bonchev–Trinajstić information content (AvgIpc) is 2.76. The van der Waals surface area contributed by atoms with Crippen molar-refractivity contribution in [3.63, 3.8) is 0 Å². The summed E-state index contributed by atoms with van der Waals surface area (Å²) in [6, 6.07) is 1.14. The first-order chi connectivity index (χ1) is 10.6. The molecule has 3 rings (SSSR count). The molecule has 0 aliphatic carbocycles. The Labute approximate surface area is 135 Å². The van der Waals surface area contributed by atoms with Crippen molar-refractivity contribution < 1.29 is 4.79 Å². The van der Waals surface area contributed by atoms with Crippen LogP contribution in [0.3, 0.4) is 0 Å². The summed E-state index contributed by atoms with van der Waals surface area (Å²) < 4.78 is 0. The van der Waals surface area contributed by atoms with Gasteiger partial charge in [-0.1, -0.05) is 6.42 Å². The summed E-state index contributed by atoms with van der Waals surface area (Å²) in [6.07, 6.45) is 6.20. The average molecular weight is 308 g/mol. The number of fused-ring (bicyclic) bond motifs is 3. The molecule has 0 aromatic carbocycles. The number of likely N-dealkylation sites (tertiary alicyclic amines) is 1. The first-order valence-electron chi connectivity index (χ1n) is 9.02. The van der Waals surface area contributed by atoms with E-state index >= 15 is 0 Å². The van der Waals surface area contributed by atoms with Gasteiger partial charge in [-0.15, -0.1) is 0 Å². The van der Waals surface area contributed by atoms with Gasteiger partial charge in [-0.2, -0.15) is 0 Å². The molecule has 2 bridgehead atoms. The van der Waals surface area contributed by atoms with Crippen LogP contribution in [0.5, 0.6) is 0 Å². The zero-order valence-electron chi connectivity index (χ0n) is 14.3. The van der Waals surface area contributed by atoms with Crippen molar-refractivity contribution >= 4 is 5.91 Å². The summed E-state index contributed by atoms with van der Waals surface area (Å²) >= 11 is 0. The molecule has 0 aromatic rings. The quantitative estimate of drug-likeness (QED) is 0.829. The van der Waals surface area contributed by atoms with E-state index in [0.29, 0.717) is 30.5 Å². The van der Waals surface area contributed by atoms with Gasteiger partial charge in [0.15, 0.2) is 0 Å². The van der Waals surface area contributed by atoms with E-state index in [1.54, 1.807) is 0 Å². The Kier molecular flexibility index (Phi) is 5.37. The van der Waals surface area contributed by atoms with Gasteiger partial charge in [-0.25, -0.2) is 0 Å². The molecule has 3 fully saturated rings. The van der Waals surface area contributed by atoms with Gasteiger partial charge < -0.3 is 15.1 Å². The number of carbonyl (C=O) groups excluding carboxylic acids is 1. The van der Waals surface area contributed by atoms with E-state index in [4.69, 9.17) is 0 Å². The van der Waals surface area contributed by atoms with Crippen molar-refractivity contribution in [2.75, 3.05) is 53.4 Å². The summed E-state index contributed by atoms with van der Waals surface area (Å²) in [5, 5.41) is 3.40. The molecule has 1 N–H and O–H groups in total. The molecule has 5 nitrogen and oxygen atoms in total. The van der Waals surface area contributed by atoms with Crippen LogP contribution >= 0.6 is 0 Å². The molecule has 0 unspecified atom stereocenters. The van der Waals surface area contributed by atoms with E-state index < -0.39 is 0 Å². The molecular weight excluding hydrogens is 276 g/mol. The van der Waals surface area contributed by atoms with Crippen molar-refractivity contribution in [1.82, 2.24) is 20.0 Å². The lowest BCUT2D eigenvalue weighted by Crippen LogP contribution is -2.49. The Morgan fingerprint density at radius 3 is 2.68 bits per heavy atom. The normalized spacial score (nSPS) is 31.3. The first kappa shape index (κ1) is 16.2. The van der Waals surface area contributed by atoms with Gasteiger partial charge in [-0.05, 0) is 58.8 Å². The number of hydrogen-bond acceptors (Lipinski definition) is 4. The Bertz CT molecular complexity index is 383. The lowest BCUT2D eigenvalue weighted by molar-refractivity contribution is -0.133. The zero-order valence-corrected chi connectivity index (χ0v) is 14.3. The molecule has 1 amide bonds. The van der Waals surface area contributed by atoms with Crippen molar-refractivity contribution in [3.05, 3.63) is 0 Å². The SMILES string of the molecule is CN(CC(=O)N1C[C@H]2CCC[C@@H](C1)N(C)C2)C1CCNCC1. The maximum Gasteiger partial charge on any atom is 0.236 e. The van der Waals surface area contributed by atoms with Gasteiger partial charge in [0.2, 0.25) is 5.91 Å². The summed E-state index contributed by atoms with van der Waals surface area (Å²) in [4.78, 5) is 19.7. The van der Waals surface area contributed by atoms with Gasteiger partial charge >= 0.3 is 0 Å². The maximum atomic E-state index is 12.8. The molecule has 3 saturated heterocycles. The minimum absolute atomic E-state index is 0.341. The molecule has 3 aliphatic heterocycles. The Morgan fingerprint density at radius 2 is 1.91 bits per heavy atom. The molecular formula is C17H32N4O. The fourth-order valence-corrected chi connectivity index (χ4v) is 4.42. The van der Waals surface area contributed by atoms with Crippen LogP contribution in [0.4, 0.5) is 0 Å². The minimum Gasteiger partial charge on any atom is -0.340 e. The van der Waals surface area contributed by atoms with Crippen molar-refractivity contribution in [2.24, 2.45) is 5.92 Å². The summed E-state index contributed by atoms with van der Waals surface area (Å²) in [5.41, 5.74) is 0. The van der Waals surface area contributed by atoms with E-state index in [1.165, 1.54) is 25.8 Å². The fourth-order valence-electron chi connectivity index (χ4n) is 4.42. The lowest BCUT2D eigenvalue weighted by Gasteiger charge is -2.34. The Morgan fingerprint density at radius 1 is 1.14 bits per heavy atom. The number of likely N-dealkylation sites (N-methyl/N-ethyl adjacent to an activating group) is 2. The van der Waals surface area contributed by atoms with Crippen molar-refractivity contribution in [3.8, 4) is 0 Å². The van der Waals surface area contributed by atoms with E-state index in [2.05, 4.69) is 34.1 Å². The van der Waals surface area contributed by atoms with Gasteiger partial charge in [0.25, 0.3) is 0 Å². The highest BCUT2D eigenvalue weighted by atomic mass is 16.2. The van der Waals surface area contributed by atoms with Gasteiger partial charge in [-0.3, -0.25) is 9.69 Å². The monoisotopic (exact) mass is 308 g/mol. The van der Waals surface area contributed by atoms with Crippen LogP contribution in [0.1, 0.15) is 32.1 Å². The van der Waals surface area contributed by atoms with Crippen molar-refractivity contribution in [1.29, 1.82) is 0 Å². The number of hydrogen-bond donors (Lipinski definition) is 1. The van der Waals surface area contributed by atoms with Crippen LogP contribution < -0.4 is 5.32 Å². The standard InChI is InChI=1S/C17H32N4O/c1-19-10-14-4-3-5-16(19)12-21(11-14)17(22)13-20(2)15-6-8-18-9-7-15/h14-16,18H,3-13H2,1-2H3/t14-,16-/m0/s1. The van der Waals surface area contributed by atoms with E-state index in [0.717, 1.165) is 39.0 Å². The molecule has 22 heavy (non-hydrogen) atoms. The third kappa shape index (κ3) is 3.81. The number of carbonyl (C=O) groups is 1. The Hall–Kier alpha value is -0.650. The minimum atomic E-state index is 0.341. The molecule has 3 heterocycles. The second-order valence-electron chi connectivity index (χ2n) is 7.59. The second kappa shape index (κ2) is 7.28. The third-order valence-electron chi connectivity index (χ3n) is 5.90. The highest BCUT2D eigenvalue weighted by Gasteiger charge is 2.33. The predicted molar refractivity (Wildman–Crippen MR) is 88.9 cm³/mol. The van der Waals surface area contributed by atoms with Gasteiger partial charge in [0.1, 0.15) is 0 Å². The summed E-state index contributed by atoms with van der Waals surface area (Å²) in [7, 11) is 4.36. The van der Waals surface area contributed by atoms with Gasteiger partial charge in [0, 0.05) is 31.7 Å². The highest BCUT2D eigenvalue weighted by molar-refractivity contribution is 5.78. The number of rotatable bonds is 3. The van der Waals surface area contributed by atoms with Crippen LogP contribution in [-0.4, -0.2) is 86.1 Å². The molecule has 126 valence electrons. The molecule has 0 aromatic heterocycles. The molecule has 2 atom stereocenters. The number of amides is 1. The predicted octanol–water partition coefficient (Wildman–Crippen LogP) is 0.613. The smallest absolute Gasteiger partial charge is 0.236 e. The van der Waals surface area contributed by atoms with Crippen LogP contribution in [0.15, 0.2) is 0 Å². The van der Waals surface area contributed by atoms with E-state index in [-0.39, 0.29) is 0 Å². The highest BCUT2D eigenvalue weighted by Crippen LogP contribution is 2.25. The number of piperidine rings is 1. The fraction of sp³-hybridized carbons (Fsp3) is 0.941. The second-order valence-corrected chi connectivity index (χ2v) is 7.59. The zero-order chi connectivity index (χ0) is 15.5. The molecule has 0 saturated carbocycles. The Balaban J connectivity index is 1.57. The largest absolute Gasteiger partial charge is 0.340 e. The number of nitrogens with one attached hydrogen (secondary N) is 1. The van der Waals surface area contributed by atoms with E-state index in [1.807, 2.05) is 0 Å². The molecule has 0 radical (unpaired) electrons. The molecule has 0 spiro atoms. The summed E-state index contributed by atoms with van der Waals surface area (Å²) in [5.74, 6) is 1.01. The third-order valence-corrected chi connectivity index (χ3v) is 5.90. The van der Waals surface area contributed by atoms with E-state index in [9.17, 15) is 4.79 Å². The topological polar surface area (TPSA) is 38.8 Å². The van der Waals surface area contributed by atoms with Crippen LogP contribution in [-0.2, 0) is 4.79 Å². The molecule has 5 heteroatoms. The number of nitrogens with zero attached hydrogens (tertiary/aromatic N) is 3. The molecule has 3 aliphatic rings. The van der Waals surface area contributed by atoms with Crippen molar-refractivity contribution in [2.45, 2.75) is 44.2 Å². The lowest BCUT2D eigenvalue weighted by atomic mass is 9.99. The van der Waals surface area contributed by atoms with Crippen LogP contribution in [0.25, 0.3) is 0 Å². The summed E-state index contributed by atoms with van der Waals surface area (Å²) in [6.45, 7) is 5.84. The van der Waals surface area contributed by atoms with Gasteiger partial charge in [0.05, 0.1) is 6.54 Å². The van der Waals surface area contributed by atoms with Crippen LogP contribution in [0, 0.1) is 5.92 Å². The first-order valence-corrected chi connectivity index (χ1v) is 9.02. The maximum absolute atomic E-state index is 12.8.